The highest BCUT2D eigenvalue weighted by molar-refractivity contribution is 5.96. The quantitative estimate of drug-likeness (QED) is 0.750. The maximum atomic E-state index is 12.7. The third-order valence-electron chi connectivity index (χ3n) is 5.50. The summed E-state index contributed by atoms with van der Waals surface area (Å²) in [6.07, 6.45) is 8.53. The van der Waals surface area contributed by atoms with E-state index in [0.717, 1.165) is 11.8 Å². The predicted molar refractivity (Wildman–Crippen MR) is 68.1 cm³/mol. The van der Waals surface area contributed by atoms with Crippen LogP contribution in [-0.4, -0.2) is 15.6 Å². The van der Waals surface area contributed by atoms with Gasteiger partial charge in [0.2, 0.25) is 0 Å². The third-order valence-corrected chi connectivity index (χ3v) is 5.50. The smallest absolute Gasteiger partial charge is 0.186 e. The monoisotopic (exact) mass is 244 g/mol. The molecular weight excluding hydrogens is 224 g/mol. The second kappa shape index (κ2) is 3.69. The second-order valence-corrected chi connectivity index (χ2v) is 6.70. The highest BCUT2D eigenvalue weighted by Gasteiger charge is 2.50. The molecule has 0 radical (unpaired) electrons. The van der Waals surface area contributed by atoms with Crippen LogP contribution in [0, 0.1) is 29.6 Å². The average molecular weight is 244 g/mol. The Bertz CT molecular complexity index is 462. The van der Waals surface area contributed by atoms with E-state index < -0.39 is 0 Å². The van der Waals surface area contributed by atoms with Crippen molar-refractivity contribution in [1.29, 1.82) is 0 Å². The predicted octanol–water partition coefficient (Wildman–Crippen LogP) is 2.68. The van der Waals surface area contributed by atoms with E-state index in [2.05, 4.69) is 5.10 Å². The SMILES string of the molecule is Cn1ccc(C(=O)C2C3CC4CC(C3)CC2C4)n1. The summed E-state index contributed by atoms with van der Waals surface area (Å²) >= 11 is 0. The van der Waals surface area contributed by atoms with Gasteiger partial charge in [-0.25, -0.2) is 0 Å². The summed E-state index contributed by atoms with van der Waals surface area (Å²) in [6.45, 7) is 0. The van der Waals surface area contributed by atoms with E-state index in [1.54, 1.807) is 4.68 Å². The van der Waals surface area contributed by atoms with Crippen LogP contribution < -0.4 is 0 Å². The van der Waals surface area contributed by atoms with E-state index in [1.165, 1.54) is 32.1 Å². The first kappa shape index (κ1) is 10.8. The minimum Gasteiger partial charge on any atom is -0.292 e. The van der Waals surface area contributed by atoms with Crippen LogP contribution in [0.25, 0.3) is 0 Å². The van der Waals surface area contributed by atoms with Crippen LogP contribution in [0.4, 0.5) is 0 Å². The molecule has 4 saturated carbocycles. The summed E-state index contributed by atoms with van der Waals surface area (Å²) in [5, 5.41) is 4.31. The Morgan fingerprint density at radius 2 is 1.78 bits per heavy atom. The summed E-state index contributed by atoms with van der Waals surface area (Å²) < 4.78 is 1.74. The number of carbonyl (C=O) groups is 1. The van der Waals surface area contributed by atoms with Crippen molar-refractivity contribution in [2.24, 2.45) is 36.6 Å². The highest BCUT2D eigenvalue weighted by Crippen LogP contribution is 2.57. The fraction of sp³-hybridized carbons (Fsp3) is 0.733. The number of hydrogen-bond acceptors (Lipinski definition) is 2. The molecule has 0 amide bonds. The van der Waals surface area contributed by atoms with E-state index in [1.807, 2.05) is 19.3 Å². The minimum absolute atomic E-state index is 0.285. The number of rotatable bonds is 2. The first-order chi connectivity index (χ1) is 8.70. The van der Waals surface area contributed by atoms with Crippen LogP contribution in [0.1, 0.15) is 42.6 Å². The van der Waals surface area contributed by atoms with Crippen LogP contribution in [0.15, 0.2) is 12.3 Å². The summed E-state index contributed by atoms with van der Waals surface area (Å²) in [6, 6.07) is 1.88. The molecule has 0 unspecified atom stereocenters. The van der Waals surface area contributed by atoms with Gasteiger partial charge in [-0.05, 0) is 61.8 Å². The second-order valence-electron chi connectivity index (χ2n) is 6.70. The van der Waals surface area contributed by atoms with E-state index in [4.69, 9.17) is 0 Å². The number of ketones is 1. The first-order valence-electron chi connectivity index (χ1n) is 7.24. The normalized spacial score (nSPS) is 41.3. The Morgan fingerprint density at radius 1 is 1.17 bits per heavy atom. The molecule has 4 aliphatic rings. The minimum atomic E-state index is 0.285. The number of Topliss-reactive ketones (excluding diaryl/α,β-unsaturated/α-hetero) is 1. The van der Waals surface area contributed by atoms with Crippen LogP contribution >= 0.6 is 0 Å². The van der Waals surface area contributed by atoms with Crippen molar-refractivity contribution in [3.63, 3.8) is 0 Å². The van der Waals surface area contributed by atoms with Crippen molar-refractivity contribution in [1.82, 2.24) is 9.78 Å². The van der Waals surface area contributed by atoms with E-state index in [-0.39, 0.29) is 5.92 Å². The first-order valence-corrected chi connectivity index (χ1v) is 7.24. The Labute approximate surface area is 108 Å². The van der Waals surface area contributed by atoms with Gasteiger partial charge in [-0.15, -0.1) is 0 Å². The molecule has 5 rings (SSSR count). The number of nitrogens with zero attached hydrogens (tertiary/aromatic N) is 2. The number of aromatic nitrogens is 2. The van der Waals surface area contributed by atoms with Gasteiger partial charge in [0, 0.05) is 19.2 Å². The lowest BCUT2D eigenvalue weighted by Gasteiger charge is -2.53. The molecule has 1 aromatic heterocycles. The van der Waals surface area contributed by atoms with E-state index in [9.17, 15) is 4.79 Å². The van der Waals surface area contributed by atoms with Gasteiger partial charge in [0.1, 0.15) is 5.69 Å². The Hall–Kier alpha value is -1.12. The molecule has 0 saturated heterocycles. The van der Waals surface area contributed by atoms with Gasteiger partial charge in [0.25, 0.3) is 0 Å². The summed E-state index contributed by atoms with van der Waals surface area (Å²) in [5.74, 6) is 3.80. The molecular formula is C15H20N2O. The lowest BCUT2D eigenvalue weighted by atomic mass is 9.51. The molecule has 0 spiro atoms. The Balaban J connectivity index is 1.63. The van der Waals surface area contributed by atoms with Crippen molar-refractivity contribution in [3.8, 4) is 0 Å². The maximum absolute atomic E-state index is 12.7. The van der Waals surface area contributed by atoms with Crippen LogP contribution in [0.2, 0.25) is 0 Å². The van der Waals surface area contributed by atoms with Crippen LogP contribution in [0.5, 0.6) is 0 Å². The molecule has 4 fully saturated rings. The summed E-state index contributed by atoms with van der Waals surface area (Å²) in [7, 11) is 1.88. The average Bonchev–Trinajstić information content (AvgIpc) is 2.74. The fourth-order valence-electron chi connectivity index (χ4n) is 5.07. The van der Waals surface area contributed by atoms with Crippen molar-refractivity contribution in [3.05, 3.63) is 18.0 Å². The molecule has 4 bridgehead atoms. The van der Waals surface area contributed by atoms with Gasteiger partial charge in [-0.2, -0.15) is 5.10 Å². The maximum Gasteiger partial charge on any atom is 0.186 e. The molecule has 96 valence electrons. The van der Waals surface area contributed by atoms with Gasteiger partial charge < -0.3 is 0 Å². The molecule has 0 aliphatic heterocycles. The lowest BCUT2D eigenvalue weighted by Crippen LogP contribution is -2.48. The van der Waals surface area contributed by atoms with Crippen molar-refractivity contribution < 1.29 is 4.79 Å². The number of aryl methyl sites for hydroxylation is 1. The van der Waals surface area contributed by atoms with Crippen LogP contribution in [0.3, 0.4) is 0 Å². The standard InChI is InChI=1S/C15H20N2O/c1-17-3-2-13(16-17)15(18)14-11-5-9-4-10(7-11)8-12(14)6-9/h2-3,9-12,14H,4-8H2,1H3. The highest BCUT2D eigenvalue weighted by atomic mass is 16.1. The fourth-order valence-corrected chi connectivity index (χ4v) is 5.07. The molecule has 0 aromatic carbocycles. The van der Waals surface area contributed by atoms with Crippen LogP contribution in [-0.2, 0) is 7.05 Å². The Kier molecular flexibility index (Phi) is 2.21. The summed E-state index contributed by atoms with van der Waals surface area (Å²) in [4.78, 5) is 12.7. The van der Waals surface area contributed by atoms with E-state index in [0.29, 0.717) is 23.3 Å². The number of hydrogen-bond donors (Lipinski definition) is 0. The molecule has 0 N–H and O–H groups in total. The summed E-state index contributed by atoms with van der Waals surface area (Å²) in [5.41, 5.74) is 0.690. The topological polar surface area (TPSA) is 34.9 Å². The largest absolute Gasteiger partial charge is 0.292 e. The molecule has 1 heterocycles. The van der Waals surface area contributed by atoms with Crippen molar-refractivity contribution >= 4 is 5.78 Å². The zero-order valence-corrected chi connectivity index (χ0v) is 10.9. The molecule has 4 aliphatic carbocycles. The van der Waals surface area contributed by atoms with Gasteiger partial charge in [0.15, 0.2) is 5.78 Å². The van der Waals surface area contributed by atoms with Crippen molar-refractivity contribution in [2.75, 3.05) is 0 Å². The lowest BCUT2D eigenvalue weighted by molar-refractivity contribution is -0.0253. The van der Waals surface area contributed by atoms with Gasteiger partial charge >= 0.3 is 0 Å². The van der Waals surface area contributed by atoms with Gasteiger partial charge in [-0.1, -0.05) is 0 Å². The molecule has 1 aromatic rings. The van der Waals surface area contributed by atoms with Gasteiger partial charge in [0.05, 0.1) is 0 Å². The Morgan fingerprint density at radius 3 is 2.28 bits per heavy atom. The molecule has 18 heavy (non-hydrogen) atoms. The van der Waals surface area contributed by atoms with Crippen molar-refractivity contribution in [2.45, 2.75) is 32.1 Å². The molecule has 3 nitrogen and oxygen atoms in total. The zero-order valence-electron chi connectivity index (χ0n) is 10.9. The zero-order chi connectivity index (χ0) is 12.3. The molecule has 3 heteroatoms. The van der Waals surface area contributed by atoms with E-state index >= 15 is 0 Å². The van der Waals surface area contributed by atoms with Gasteiger partial charge in [-0.3, -0.25) is 9.48 Å². The molecule has 0 atom stereocenters. The third kappa shape index (κ3) is 1.49. The number of carbonyl (C=O) groups excluding carboxylic acids is 1.